The number of esters is 1. The van der Waals surface area contributed by atoms with Gasteiger partial charge in [0, 0.05) is 20.6 Å². The zero-order valence-corrected chi connectivity index (χ0v) is 19.2. The van der Waals surface area contributed by atoms with E-state index in [2.05, 4.69) is 6.92 Å². The maximum absolute atomic E-state index is 12.7. The molecule has 0 saturated heterocycles. The molecule has 0 aliphatic heterocycles. The van der Waals surface area contributed by atoms with Crippen molar-refractivity contribution in [1.82, 2.24) is 4.90 Å². The SMILES string of the molecule is CCc1ccc(CN(C)C(=O)COC(=O)c2ccccc2N(C)C(=O)c2cccs2)cc1. The highest BCUT2D eigenvalue weighted by Gasteiger charge is 2.22. The lowest BCUT2D eigenvalue weighted by Gasteiger charge is -2.20. The summed E-state index contributed by atoms with van der Waals surface area (Å²) in [7, 11) is 3.28. The van der Waals surface area contributed by atoms with Gasteiger partial charge in [0.2, 0.25) is 0 Å². The van der Waals surface area contributed by atoms with Crippen molar-refractivity contribution in [2.75, 3.05) is 25.6 Å². The zero-order valence-electron chi connectivity index (χ0n) is 18.4. The Balaban J connectivity index is 1.62. The molecule has 3 aromatic rings. The van der Waals surface area contributed by atoms with Crippen LogP contribution >= 0.6 is 11.3 Å². The molecule has 0 unspecified atom stereocenters. The van der Waals surface area contributed by atoms with E-state index in [0.29, 0.717) is 17.1 Å². The number of hydrogen-bond acceptors (Lipinski definition) is 5. The molecule has 1 aromatic heterocycles. The van der Waals surface area contributed by atoms with Crippen molar-refractivity contribution in [3.63, 3.8) is 0 Å². The number of likely N-dealkylation sites (N-methyl/N-ethyl adjacent to an activating group) is 1. The Kier molecular flexibility index (Phi) is 7.78. The molecule has 0 fully saturated rings. The van der Waals surface area contributed by atoms with Gasteiger partial charge in [-0.05, 0) is 41.1 Å². The number of carbonyl (C=O) groups is 3. The number of thiophene rings is 1. The van der Waals surface area contributed by atoms with Crippen LogP contribution in [0.25, 0.3) is 0 Å². The molecule has 0 radical (unpaired) electrons. The molecule has 166 valence electrons. The van der Waals surface area contributed by atoms with Gasteiger partial charge in [0.25, 0.3) is 11.8 Å². The maximum atomic E-state index is 12.7. The molecule has 0 N–H and O–H groups in total. The van der Waals surface area contributed by atoms with Crippen molar-refractivity contribution in [3.05, 3.63) is 87.6 Å². The highest BCUT2D eigenvalue weighted by atomic mass is 32.1. The number of carbonyl (C=O) groups excluding carboxylic acids is 3. The fourth-order valence-electron chi connectivity index (χ4n) is 3.17. The van der Waals surface area contributed by atoms with Crippen LogP contribution in [0.2, 0.25) is 0 Å². The van der Waals surface area contributed by atoms with E-state index in [9.17, 15) is 14.4 Å². The Morgan fingerprint density at radius 1 is 0.906 bits per heavy atom. The van der Waals surface area contributed by atoms with Gasteiger partial charge in [-0.3, -0.25) is 9.59 Å². The predicted octanol–water partition coefficient (Wildman–Crippen LogP) is 4.40. The lowest BCUT2D eigenvalue weighted by atomic mass is 10.1. The summed E-state index contributed by atoms with van der Waals surface area (Å²) in [5.41, 5.74) is 2.89. The lowest BCUT2D eigenvalue weighted by molar-refractivity contribution is -0.133. The third-order valence-electron chi connectivity index (χ3n) is 5.13. The fourth-order valence-corrected chi connectivity index (χ4v) is 3.87. The Bertz CT molecular complexity index is 1080. The van der Waals surface area contributed by atoms with Crippen LogP contribution in [0.5, 0.6) is 0 Å². The average molecular weight is 451 g/mol. The summed E-state index contributed by atoms with van der Waals surface area (Å²) >= 11 is 1.33. The Morgan fingerprint density at radius 2 is 1.59 bits per heavy atom. The fraction of sp³-hybridized carbons (Fsp3) is 0.240. The first-order chi connectivity index (χ1) is 15.4. The van der Waals surface area contributed by atoms with Crippen LogP contribution in [0.15, 0.2) is 66.0 Å². The molecular weight excluding hydrogens is 424 g/mol. The molecule has 1 heterocycles. The monoisotopic (exact) mass is 450 g/mol. The van der Waals surface area contributed by atoms with E-state index in [4.69, 9.17) is 4.74 Å². The van der Waals surface area contributed by atoms with E-state index >= 15 is 0 Å². The molecule has 7 heteroatoms. The molecule has 0 spiro atoms. The molecule has 0 saturated carbocycles. The predicted molar refractivity (Wildman–Crippen MR) is 126 cm³/mol. The van der Waals surface area contributed by atoms with Crippen molar-refractivity contribution in [2.45, 2.75) is 19.9 Å². The third-order valence-corrected chi connectivity index (χ3v) is 5.98. The van der Waals surface area contributed by atoms with E-state index in [1.807, 2.05) is 29.6 Å². The Morgan fingerprint density at radius 3 is 2.25 bits per heavy atom. The number of rotatable bonds is 8. The van der Waals surface area contributed by atoms with Crippen molar-refractivity contribution in [3.8, 4) is 0 Å². The molecule has 2 aromatic carbocycles. The van der Waals surface area contributed by atoms with E-state index < -0.39 is 5.97 Å². The minimum absolute atomic E-state index is 0.217. The second-order valence-corrected chi connectivity index (χ2v) is 8.30. The summed E-state index contributed by atoms with van der Waals surface area (Å²) in [6.45, 7) is 2.14. The number of amides is 2. The summed E-state index contributed by atoms with van der Waals surface area (Å²) in [5.74, 6) is -1.18. The Labute approximate surface area is 192 Å². The molecular formula is C25H26N2O4S. The van der Waals surface area contributed by atoms with E-state index in [-0.39, 0.29) is 24.0 Å². The van der Waals surface area contributed by atoms with E-state index in [0.717, 1.165) is 12.0 Å². The first kappa shape index (κ1) is 23.2. The van der Waals surface area contributed by atoms with Gasteiger partial charge in [-0.2, -0.15) is 0 Å². The number of para-hydroxylation sites is 1. The van der Waals surface area contributed by atoms with E-state index in [1.165, 1.54) is 26.7 Å². The van der Waals surface area contributed by atoms with Gasteiger partial charge < -0.3 is 14.5 Å². The van der Waals surface area contributed by atoms with Crippen LogP contribution in [-0.2, 0) is 22.5 Å². The second-order valence-electron chi connectivity index (χ2n) is 7.35. The van der Waals surface area contributed by atoms with Crippen LogP contribution in [0, 0.1) is 0 Å². The van der Waals surface area contributed by atoms with Gasteiger partial charge in [-0.1, -0.05) is 49.4 Å². The van der Waals surface area contributed by atoms with Crippen LogP contribution in [-0.4, -0.2) is 43.4 Å². The summed E-state index contributed by atoms with van der Waals surface area (Å²) in [5, 5.41) is 1.82. The number of ether oxygens (including phenoxy) is 1. The second kappa shape index (κ2) is 10.7. The van der Waals surface area contributed by atoms with Gasteiger partial charge in [0.05, 0.1) is 16.1 Å². The number of anilines is 1. The highest BCUT2D eigenvalue weighted by Crippen LogP contribution is 2.23. The van der Waals surface area contributed by atoms with Gasteiger partial charge in [0.1, 0.15) is 0 Å². The molecule has 6 nitrogen and oxygen atoms in total. The normalized spacial score (nSPS) is 10.5. The summed E-state index contributed by atoms with van der Waals surface area (Å²) < 4.78 is 5.28. The van der Waals surface area contributed by atoms with Crippen molar-refractivity contribution >= 4 is 34.8 Å². The molecule has 0 aliphatic rings. The van der Waals surface area contributed by atoms with Crippen molar-refractivity contribution in [1.29, 1.82) is 0 Å². The Hall–Kier alpha value is -3.45. The standard InChI is InChI=1S/C25H26N2O4S/c1-4-18-11-13-19(14-12-18)16-26(2)23(28)17-31-25(30)20-8-5-6-9-21(20)27(3)24(29)22-10-7-15-32-22/h5-15H,4,16-17H2,1-3H3. The van der Waals surface area contributed by atoms with Crippen molar-refractivity contribution in [2.24, 2.45) is 0 Å². The largest absolute Gasteiger partial charge is 0.452 e. The molecule has 0 bridgehead atoms. The first-order valence-electron chi connectivity index (χ1n) is 10.3. The topological polar surface area (TPSA) is 66.9 Å². The smallest absolute Gasteiger partial charge is 0.340 e. The van der Waals surface area contributed by atoms with Gasteiger partial charge >= 0.3 is 5.97 Å². The molecule has 32 heavy (non-hydrogen) atoms. The minimum atomic E-state index is -0.652. The number of hydrogen-bond donors (Lipinski definition) is 0. The van der Waals surface area contributed by atoms with Crippen LogP contribution in [0.3, 0.4) is 0 Å². The molecule has 0 aliphatic carbocycles. The van der Waals surface area contributed by atoms with Crippen LogP contribution < -0.4 is 4.90 Å². The highest BCUT2D eigenvalue weighted by molar-refractivity contribution is 7.12. The van der Waals surface area contributed by atoms with Gasteiger partial charge in [-0.15, -0.1) is 11.3 Å². The summed E-state index contributed by atoms with van der Waals surface area (Å²) in [6.07, 6.45) is 0.959. The molecule has 3 rings (SSSR count). The number of benzene rings is 2. The number of nitrogens with zero attached hydrogens (tertiary/aromatic N) is 2. The van der Waals surface area contributed by atoms with Gasteiger partial charge in [0.15, 0.2) is 6.61 Å². The van der Waals surface area contributed by atoms with E-state index in [1.54, 1.807) is 50.5 Å². The van der Waals surface area contributed by atoms with Crippen LogP contribution in [0.1, 0.15) is 38.1 Å². The molecule has 2 amide bonds. The summed E-state index contributed by atoms with van der Waals surface area (Å²) in [6, 6.07) is 18.3. The third kappa shape index (κ3) is 5.62. The van der Waals surface area contributed by atoms with Crippen LogP contribution in [0.4, 0.5) is 5.69 Å². The average Bonchev–Trinajstić information content (AvgIpc) is 3.36. The van der Waals surface area contributed by atoms with Crippen molar-refractivity contribution < 1.29 is 19.1 Å². The molecule has 0 atom stereocenters. The maximum Gasteiger partial charge on any atom is 0.340 e. The first-order valence-corrected chi connectivity index (χ1v) is 11.2. The quantitative estimate of drug-likeness (QED) is 0.477. The minimum Gasteiger partial charge on any atom is -0.452 e. The number of aryl methyl sites for hydroxylation is 1. The summed E-state index contributed by atoms with van der Waals surface area (Å²) in [4.78, 5) is 41.4. The zero-order chi connectivity index (χ0) is 23.1. The van der Waals surface area contributed by atoms with Gasteiger partial charge in [-0.25, -0.2) is 4.79 Å². The lowest BCUT2D eigenvalue weighted by Crippen LogP contribution is -2.31.